The van der Waals surface area contributed by atoms with Gasteiger partial charge in [-0.15, -0.1) is 0 Å². The van der Waals surface area contributed by atoms with Gasteiger partial charge in [-0.1, -0.05) is 37.5 Å². The smallest absolute Gasteiger partial charge is 0.248 e. The predicted molar refractivity (Wildman–Crippen MR) is 119 cm³/mol. The Morgan fingerprint density at radius 1 is 1.03 bits per heavy atom. The summed E-state index contributed by atoms with van der Waals surface area (Å²) in [4.78, 5) is 5.11. The minimum absolute atomic E-state index is 0.158. The van der Waals surface area contributed by atoms with Crippen molar-refractivity contribution in [1.29, 1.82) is 0 Å². The van der Waals surface area contributed by atoms with Crippen molar-refractivity contribution in [2.24, 2.45) is 5.92 Å². The summed E-state index contributed by atoms with van der Waals surface area (Å²) in [6.07, 6.45) is 9.49. The highest BCUT2D eigenvalue weighted by molar-refractivity contribution is 5.61. The van der Waals surface area contributed by atoms with Crippen LogP contribution in [0.1, 0.15) is 49.4 Å². The van der Waals surface area contributed by atoms with Crippen LogP contribution < -0.4 is 14.2 Å². The van der Waals surface area contributed by atoms with Gasteiger partial charge in [-0.3, -0.25) is 0 Å². The number of hydrogen-bond acceptors (Lipinski definition) is 4. The monoisotopic (exact) mass is 416 g/mol. The van der Waals surface area contributed by atoms with Crippen LogP contribution in [0.3, 0.4) is 0 Å². The standard InChI is InChI=1S/C26H28N2O3/c1-29-20-9-5-8-19(12-20)22-16-28(15-17-6-3-2-4-7-17)25(27-22)14-21-18-10-11-23-24(13-18)31-26(21)30-23/h5,8-13,16-17,21,26H,2-4,6-7,14-15H2,1H3. The normalized spacial score (nSPS) is 21.7. The molecule has 5 heteroatoms. The Labute approximate surface area is 183 Å². The van der Waals surface area contributed by atoms with Gasteiger partial charge in [0.2, 0.25) is 6.29 Å². The fourth-order valence-electron chi connectivity index (χ4n) is 5.30. The van der Waals surface area contributed by atoms with Crippen LogP contribution in [0.4, 0.5) is 0 Å². The van der Waals surface area contributed by atoms with Gasteiger partial charge in [0.25, 0.3) is 0 Å². The Morgan fingerprint density at radius 3 is 2.77 bits per heavy atom. The summed E-state index contributed by atoms with van der Waals surface area (Å²) in [5.74, 6) is 4.59. The molecule has 0 N–H and O–H groups in total. The highest BCUT2D eigenvalue weighted by atomic mass is 16.7. The molecule has 1 aromatic heterocycles. The van der Waals surface area contributed by atoms with Crippen LogP contribution in [0.2, 0.25) is 0 Å². The van der Waals surface area contributed by atoms with Crippen molar-refractivity contribution in [2.75, 3.05) is 7.11 Å². The third-order valence-electron chi connectivity index (χ3n) is 7.02. The molecule has 5 nitrogen and oxygen atoms in total. The molecular weight excluding hydrogens is 388 g/mol. The molecule has 2 aromatic carbocycles. The number of methoxy groups -OCH3 is 1. The molecule has 3 aromatic rings. The molecule has 1 aliphatic carbocycles. The van der Waals surface area contributed by atoms with E-state index in [9.17, 15) is 0 Å². The molecule has 0 radical (unpaired) electrons. The minimum Gasteiger partial charge on any atom is -0.497 e. The van der Waals surface area contributed by atoms with E-state index in [0.717, 1.165) is 53.2 Å². The lowest BCUT2D eigenvalue weighted by molar-refractivity contribution is 0.0195. The van der Waals surface area contributed by atoms with E-state index in [-0.39, 0.29) is 12.2 Å². The average Bonchev–Trinajstić information content (AvgIpc) is 3.34. The van der Waals surface area contributed by atoms with E-state index >= 15 is 0 Å². The molecule has 0 spiro atoms. The Morgan fingerprint density at radius 2 is 1.90 bits per heavy atom. The zero-order chi connectivity index (χ0) is 20.8. The van der Waals surface area contributed by atoms with Gasteiger partial charge < -0.3 is 18.8 Å². The number of rotatable bonds is 6. The molecule has 3 bridgehead atoms. The van der Waals surface area contributed by atoms with E-state index in [1.54, 1.807) is 7.11 Å². The van der Waals surface area contributed by atoms with Gasteiger partial charge in [0.1, 0.15) is 11.6 Å². The van der Waals surface area contributed by atoms with Gasteiger partial charge in [0.05, 0.1) is 18.7 Å². The summed E-state index contributed by atoms with van der Waals surface area (Å²) in [7, 11) is 1.70. The Hall–Kier alpha value is -2.95. The summed E-state index contributed by atoms with van der Waals surface area (Å²) < 4.78 is 19.9. The van der Waals surface area contributed by atoms with Crippen molar-refractivity contribution in [2.45, 2.75) is 57.3 Å². The minimum atomic E-state index is -0.236. The van der Waals surface area contributed by atoms with Gasteiger partial charge in [-0.2, -0.15) is 0 Å². The number of ether oxygens (including phenoxy) is 3. The third kappa shape index (κ3) is 3.46. The third-order valence-corrected chi connectivity index (χ3v) is 7.02. The maximum Gasteiger partial charge on any atom is 0.248 e. The molecule has 1 saturated carbocycles. The molecule has 3 aliphatic rings. The summed E-state index contributed by atoms with van der Waals surface area (Å²) >= 11 is 0. The van der Waals surface area contributed by atoms with Crippen molar-refractivity contribution >= 4 is 0 Å². The lowest BCUT2D eigenvalue weighted by Crippen LogP contribution is -2.30. The summed E-state index contributed by atoms with van der Waals surface area (Å²) in [6, 6.07) is 14.5. The SMILES string of the molecule is COc1cccc(-c2cn(CC3CCCCC3)c(CC3c4ccc5c(c4)OC3O5)n2)c1. The Balaban J connectivity index is 1.33. The summed E-state index contributed by atoms with van der Waals surface area (Å²) in [6.45, 7) is 1.04. The van der Waals surface area contributed by atoms with Crippen molar-refractivity contribution in [1.82, 2.24) is 9.55 Å². The first-order valence-corrected chi connectivity index (χ1v) is 11.4. The van der Waals surface area contributed by atoms with Crippen molar-refractivity contribution in [3.63, 3.8) is 0 Å². The quantitative estimate of drug-likeness (QED) is 0.527. The topological polar surface area (TPSA) is 45.5 Å². The zero-order valence-electron chi connectivity index (χ0n) is 17.9. The van der Waals surface area contributed by atoms with Gasteiger partial charge in [-0.25, -0.2) is 4.98 Å². The van der Waals surface area contributed by atoms with Crippen LogP contribution in [0.25, 0.3) is 11.3 Å². The van der Waals surface area contributed by atoms with Crippen molar-refractivity contribution < 1.29 is 14.2 Å². The van der Waals surface area contributed by atoms with Crippen molar-refractivity contribution in [3.05, 3.63) is 60.0 Å². The maximum absolute atomic E-state index is 6.04. The number of hydrogen-bond donors (Lipinski definition) is 0. The lowest BCUT2D eigenvalue weighted by atomic mass is 9.89. The highest BCUT2D eigenvalue weighted by Crippen LogP contribution is 2.46. The fraction of sp³-hybridized carbons (Fsp3) is 0.423. The molecule has 2 aliphatic heterocycles. The van der Waals surface area contributed by atoms with Crippen LogP contribution in [-0.2, 0) is 13.0 Å². The number of aromatic nitrogens is 2. The highest BCUT2D eigenvalue weighted by Gasteiger charge is 2.39. The predicted octanol–water partition coefficient (Wildman–Crippen LogP) is 5.58. The van der Waals surface area contributed by atoms with E-state index < -0.39 is 0 Å². The largest absolute Gasteiger partial charge is 0.497 e. The van der Waals surface area contributed by atoms with Gasteiger partial charge in [0, 0.05) is 24.7 Å². The van der Waals surface area contributed by atoms with Gasteiger partial charge in [0.15, 0.2) is 11.5 Å². The van der Waals surface area contributed by atoms with Crippen LogP contribution in [0.15, 0.2) is 48.7 Å². The van der Waals surface area contributed by atoms with E-state index in [1.807, 2.05) is 18.2 Å². The number of benzene rings is 2. The molecule has 6 rings (SSSR count). The molecular formula is C26H28N2O3. The second-order valence-corrected chi connectivity index (χ2v) is 9.05. The molecule has 2 atom stereocenters. The molecule has 0 saturated heterocycles. The maximum atomic E-state index is 6.04. The van der Waals surface area contributed by atoms with Gasteiger partial charge in [-0.05, 0) is 48.6 Å². The molecule has 1 fully saturated rings. The average molecular weight is 417 g/mol. The Bertz CT molecular complexity index is 1100. The lowest BCUT2D eigenvalue weighted by Gasteiger charge is -2.26. The number of imidazole rings is 1. The number of nitrogens with zero attached hydrogens (tertiary/aromatic N) is 2. The summed E-state index contributed by atoms with van der Waals surface area (Å²) in [5, 5.41) is 0. The second kappa shape index (κ2) is 7.63. The van der Waals surface area contributed by atoms with Crippen LogP contribution in [0, 0.1) is 5.92 Å². The van der Waals surface area contributed by atoms with E-state index in [0.29, 0.717) is 0 Å². The molecule has 160 valence electrons. The summed E-state index contributed by atoms with van der Waals surface area (Å²) in [5.41, 5.74) is 3.37. The second-order valence-electron chi connectivity index (χ2n) is 9.05. The number of fused-ring (bicyclic) bond motifs is 2. The zero-order valence-corrected chi connectivity index (χ0v) is 17.9. The first kappa shape index (κ1) is 18.8. The molecule has 31 heavy (non-hydrogen) atoms. The molecule has 0 amide bonds. The van der Waals surface area contributed by atoms with E-state index in [4.69, 9.17) is 19.2 Å². The fourth-order valence-corrected chi connectivity index (χ4v) is 5.30. The van der Waals surface area contributed by atoms with Crippen LogP contribution in [0.5, 0.6) is 17.2 Å². The first-order valence-electron chi connectivity index (χ1n) is 11.4. The molecule has 2 unspecified atom stereocenters. The van der Waals surface area contributed by atoms with Crippen LogP contribution >= 0.6 is 0 Å². The molecule has 3 heterocycles. The van der Waals surface area contributed by atoms with Gasteiger partial charge >= 0.3 is 0 Å². The van der Waals surface area contributed by atoms with E-state index in [1.165, 1.54) is 37.7 Å². The van der Waals surface area contributed by atoms with E-state index in [2.05, 4.69) is 35.0 Å². The van der Waals surface area contributed by atoms with Crippen molar-refractivity contribution in [3.8, 4) is 28.5 Å². The first-order chi connectivity index (χ1) is 15.3. The Kier molecular flexibility index (Phi) is 4.62. The van der Waals surface area contributed by atoms with Crippen LogP contribution in [-0.4, -0.2) is 23.0 Å².